The minimum absolute atomic E-state index is 0.384. The smallest absolute Gasteiger partial charge is 0.101 e. The van der Waals surface area contributed by atoms with E-state index in [4.69, 9.17) is 0 Å². The van der Waals surface area contributed by atoms with Crippen LogP contribution in [0.25, 0.3) is 0 Å². The van der Waals surface area contributed by atoms with Gasteiger partial charge in [-0.25, -0.2) is 4.39 Å². The second kappa shape index (κ2) is 9.08. The van der Waals surface area contributed by atoms with Gasteiger partial charge < -0.3 is 10.2 Å². The van der Waals surface area contributed by atoms with Crippen LogP contribution in [-0.2, 0) is 0 Å². The van der Waals surface area contributed by atoms with Crippen molar-refractivity contribution in [3.05, 3.63) is 24.0 Å². The van der Waals surface area contributed by atoms with Crippen LogP contribution in [-0.4, -0.2) is 31.2 Å². The number of halogens is 1. The zero-order valence-corrected chi connectivity index (χ0v) is 11.8. The van der Waals surface area contributed by atoms with Gasteiger partial charge in [0.05, 0.1) is 0 Å². The number of nitrogens with zero attached hydrogens (tertiary/aromatic N) is 1. The van der Waals surface area contributed by atoms with E-state index in [9.17, 15) is 4.39 Å². The lowest BCUT2D eigenvalue weighted by molar-refractivity contribution is 0.343. The Kier molecular flexibility index (Phi) is 8.55. The molecule has 0 aromatic carbocycles. The van der Waals surface area contributed by atoms with E-state index in [2.05, 4.69) is 30.3 Å². The molecule has 0 rings (SSSR count). The standard InChI is InChI=1S/C14H27FN2/c1-6-10-17(7-2)11-12(3)14(16-5)9-8-13(4)15/h6,9-10,12-13,16H,7-8,11H2,1-5H3/b10-6+,14-9+/t12?,13-/m0/s1. The highest BCUT2D eigenvalue weighted by atomic mass is 19.1. The van der Waals surface area contributed by atoms with Crippen molar-refractivity contribution in [2.75, 3.05) is 20.1 Å². The van der Waals surface area contributed by atoms with E-state index in [0.717, 1.165) is 18.8 Å². The normalized spacial score (nSPS) is 16.0. The molecule has 0 amide bonds. The predicted molar refractivity (Wildman–Crippen MR) is 73.6 cm³/mol. The highest BCUT2D eigenvalue weighted by Gasteiger charge is 2.10. The minimum Gasteiger partial charge on any atom is -0.391 e. The lowest BCUT2D eigenvalue weighted by Crippen LogP contribution is -2.27. The highest BCUT2D eigenvalue weighted by molar-refractivity contribution is 5.04. The number of nitrogens with one attached hydrogen (secondary N) is 1. The van der Waals surface area contributed by atoms with Crippen LogP contribution in [0, 0.1) is 5.92 Å². The molecule has 0 bridgehead atoms. The molecule has 0 aliphatic rings. The Morgan fingerprint density at radius 1 is 1.41 bits per heavy atom. The molecule has 0 aliphatic heterocycles. The fraction of sp³-hybridized carbons (Fsp3) is 0.714. The molecular weight excluding hydrogens is 215 g/mol. The van der Waals surface area contributed by atoms with Crippen LogP contribution >= 0.6 is 0 Å². The maximum atomic E-state index is 12.8. The average Bonchev–Trinajstić information content (AvgIpc) is 2.28. The van der Waals surface area contributed by atoms with Gasteiger partial charge in [0, 0.05) is 31.8 Å². The Labute approximate surface area is 106 Å². The predicted octanol–water partition coefficient (Wildman–Crippen LogP) is 3.33. The first-order chi connectivity index (χ1) is 8.04. The number of rotatable bonds is 8. The molecule has 3 heteroatoms. The van der Waals surface area contributed by atoms with Crippen LogP contribution in [0.4, 0.5) is 4.39 Å². The quantitative estimate of drug-likeness (QED) is 0.702. The van der Waals surface area contributed by atoms with Crippen molar-refractivity contribution >= 4 is 0 Å². The molecule has 0 saturated heterocycles. The van der Waals surface area contributed by atoms with Gasteiger partial charge in [0.25, 0.3) is 0 Å². The molecule has 1 N–H and O–H groups in total. The van der Waals surface area contributed by atoms with Crippen molar-refractivity contribution in [1.29, 1.82) is 0 Å². The third kappa shape index (κ3) is 7.03. The SMILES string of the molecule is C/C=C/N(CC)CC(C)/C(=C\C[C@H](C)F)NC. The van der Waals surface area contributed by atoms with Gasteiger partial charge in [-0.3, -0.25) is 0 Å². The Bertz CT molecular complexity index is 247. The van der Waals surface area contributed by atoms with Crippen molar-refractivity contribution in [3.63, 3.8) is 0 Å². The van der Waals surface area contributed by atoms with Crippen LogP contribution in [0.5, 0.6) is 0 Å². The van der Waals surface area contributed by atoms with Crippen LogP contribution in [0.3, 0.4) is 0 Å². The summed E-state index contributed by atoms with van der Waals surface area (Å²) in [6, 6.07) is 0. The molecule has 0 aliphatic carbocycles. The second-order valence-electron chi connectivity index (χ2n) is 4.40. The van der Waals surface area contributed by atoms with Gasteiger partial charge in [0.1, 0.15) is 6.17 Å². The monoisotopic (exact) mass is 242 g/mol. The largest absolute Gasteiger partial charge is 0.391 e. The van der Waals surface area contributed by atoms with Crippen LogP contribution < -0.4 is 5.32 Å². The van der Waals surface area contributed by atoms with Crippen LogP contribution in [0.2, 0.25) is 0 Å². The molecule has 17 heavy (non-hydrogen) atoms. The number of hydrogen-bond donors (Lipinski definition) is 1. The van der Waals surface area contributed by atoms with Gasteiger partial charge in [-0.05, 0) is 33.4 Å². The van der Waals surface area contributed by atoms with E-state index in [1.54, 1.807) is 6.92 Å². The average molecular weight is 242 g/mol. The van der Waals surface area contributed by atoms with Crippen LogP contribution in [0.1, 0.15) is 34.1 Å². The minimum atomic E-state index is -0.775. The van der Waals surface area contributed by atoms with Crippen molar-refractivity contribution in [3.8, 4) is 0 Å². The first kappa shape index (κ1) is 16.0. The van der Waals surface area contributed by atoms with E-state index < -0.39 is 6.17 Å². The van der Waals surface area contributed by atoms with E-state index >= 15 is 0 Å². The van der Waals surface area contributed by atoms with E-state index in [1.165, 1.54) is 0 Å². The summed E-state index contributed by atoms with van der Waals surface area (Å²) in [6.07, 6.45) is 5.82. The lowest BCUT2D eigenvalue weighted by Gasteiger charge is -2.24. The number of hydrogen-bond acceptors (Lipinski definition) is 2. The maximum Gasteiger partial charge on any atom is 0.101 e. The Balaban J connectivity index is 4.42. The molecule has 0 spiro atoms. The summed E-state index contributed by atoms with van der Waals surface area (Å²) in [5.41, 5.74) is 1.12. The summed E-state index contributed by atoms with van der Waals surface area (Å²) in [7, 11) is 1.90. The van der Waals surface area contributed by atoms with Crippen molar-refractivity contribution < 1.29 is 4.39 Å². The van der Waals surface area contributed by atoms with Gasteiger partial charge in [0.2, 0.25) is 0 Å². The van der Waals surface area contributed by atoms with E-state index in [1.807, 2.05) is 26.1 Å². The van der Waals surface area contributed by atoms with Crippen LogP contribution in [0.15, 0.2) is 24.0 Å². The van der Waals surface area contributed by atoms with Gasteiger partial charge in [0.15, 0.2) is 0 Å². The molecule has 2 nitrogen and oxygen atoms in total. The number of allylic oxidation sites excluding steroid dienone is 2. The van der Waals surface area contributed by atoms with Crippen molar-refractivity contribution in [2.24, 2.45) is 5.92 Å². The summed E-state index contributed by atoms with van der Waals surface area (Å²) in [4.78, 5) is 2.26. The Morgan fingerprint density at radius 3 is 2.47 bits per heavy atom. The van der Waals surface area contributed by atoms with Gasteiger partial charge in [-0.1, -0.05) is 19.1 Å². The summed E-state index contributed by atoms with van der Waals surface area (Å²) < 4.78 is 12.8. The molecule has 0 radical (unpaired) electrons. The lowest BCUT2D eigenvalue weighted by atomic mass is 10.1. The summed E-state index contributed by atoms with van der Waals surface area (Å²) in [5.74, 6) is 0.384. The first-order valence-electron chi connectivity index (χ1n) is 6.43. The maximum absolute atomic E-state index is 12.8. The molecule has 0 heterocycles. The fourth-order valence-corrected chi connectivity index (χ4v) is 1.80. The molecular formula is C14H27FN2. The molecule has 0 aromatic rings. The van der Waals surface area contributed by atoms with Gasteiger partial charge in [-0.2, -0.15) is 0 Å². The molecule has 100 valence electrons. The Morgan fingerprint density at radius 2 is 2.06 bits per heavy atom. The van der Waals surface area contributed by atoms with Crippen molar-refractivity contribution in [2.45, 2.75) is 40.3 Å². The van der Waals surface area contributed by atoms with E-state index in [0.29, 0.717) is 12.3 Å². The molecule has 1 unspecified atom stereocenters. The third-order valence-corrected chi connectivity index (χ3v) is 2.76. The fourth-order valence-electron chi connectivity index (χ4n) is 1.80. The van der Waals surface area contributed by atoms with Gasteiger partial charge in [-0.15, -0.1) is 0 Å². The topological polar surface area (TPSA) is 15.3 Å². The summed E-state index contributed by atoms with van der Waals surface area (Å²) >= 11 is 0. The molecule has 2 atom stereocenters. The number of alkyl halides is 1. The third-order valence-electron chi connectivity index (χ3n) is 2.76. The Hall–Kier alpha value is -0.990. The summed E-state index contributed by atoms with van der Waals surface area (Å²) in [5, 5.41) is 3.17. The molecule has 0 aromatic heterocycles. The highest BCUT2D eigenvalue weighted by Crippen LogP contribution is 2.12. The second-order valence-corrected chi connectivity index (χ2v) is 4.40. The van der Waals surface area contributed by atoms with Crippen molar-refractivity contribution in [1.82, 2.24) is 10.2 Å². The zero-order valence-electron chi connectivity index (χ0n) is 11.8. The zero-order chi connectivity index (χ0) is 13.3. The molecule has 0 fully saturated rings. The molecule has 0 saturated carbocycles. The van der Waals surface area contributed by atoms with Gasteiger partial charge >= 0.3 is 0 Å². The van der Waals surface area contributed by atoms with E-state index in [-0.39, 0.29) is 0 Å². The first-order valence-corrected chi connectivity index (χ1v) is 6.43. The summed E-state index contributed by atoms with van der Waals surface area (Å²) in [6.45, 7) is 9.86.